The van der Waals surface area contributed by atoms with Crippen LogP contribution in [0.15, 0.2) is 18.2 Å². The summed E-state index contributed by atoms with van der Waals surface area (Å²) in [6.45, 7) is 4.28. The van der Waals surface area contributed by atoms with Crippen molar-refractivity contribution in [2.75, 3.05) is 13.2 Å². The van der Waals surface area contributed by atoms with Crippen molar-refractivity contribution in [3.05, 3.63) is 29.3 Å². The molecule has 0 aliphatic carbocycles. The molecule has 0 amide bonds. The van der Waals surface area contributed by atoms with Gasteiger partial charge in [0.05, 0.1) is 13.2 Å². The number of aliphatic carboxylic acids is 1. The van der Waals surface area contributed by atoms with Gasteiger partial charge in [0.2, 0.25) is 0 Å². The van der Waals surface area contributed by atoms with Gasteiger partial charge in [-0.05, 0) is 38.0 Å². The first-order valence-corrected chi connectivity index (χ1v) is 6.23. The van der Waals surface area contributed by atoms with Gasteiger partial charge >= 0.3 is 11.9 Å². The van der Waals surface area contributed by atoms with E-state index < -0.39 is 11.9 Å². The molecule has 0 spiro atoms. The van der Waals surface area contributed by atoms with Crippen molar-refractivity contribution in [3.63, 3.8) is 0 Å². The summed E-state index contributed by atoms with van der Waals surface area (Å²) in [5.74, 6) is -0.866. The summed E-state index contributed by atoms with van der Waals surface area (Å²) in [7, 11) is 0. The average Bonchev–Trinajstić information content (AvgIpc) is 2.38. The van der Waals surface area contributed by atoms with Gasteiger partial charge in [0.15, 0.2) is 0 Å². The lowest BCUT2D eigenvalue weighted by Gasteiger charge is -2.11. The Bertz CT molecular complexity index is 453. The van der Waals surface area contributed by atoms with Gasteiger partial charge in [-0.2, -0.15) is 0 Å². The lowest BCUT2D eigenvalue weighted by Crippen LogP contribution is -2.09. The third kappa shape index (κ3) is 4.62. The van der Waals surface area contributed by atoms with Crippen LogP contribution in [-0.4, -0.2) is 30.3 Å². The zero-order chi connectivity index (χ0) is 14.3. The molecular weight excluding hydrogens is 248 g/mol. The molecule has 0 aromatic heterocycles. The van der Waals surface area contributed by atoms with Crippen LogP contribution >= 0.6 is 0 Å². The van der Waals surface area contributed by atoms with Crippen molar-refractivity contribution in [1.82, 2.24) is 0 Å². The van der Waals surface area contributed by atoms with Crippen molar-refractivity contribution in [2.45, 2.75) is 26.7 Å². The molecule has 5 heteroatoms. The van der Waals surface area contributed by atoms with Crippen LogP contribution in [0.3, 0.4) is 0 Å². The van der Waals surface area contributed by atoms with Crippen LogP contribution in [0.25, 0.3) is 0 Å². The van der Waals surface area contributed by atoms with Crippen LogP contribution in [0.2, 0.25) is 0 Å². The van der Waals surface area contributed by atoms with E-state index in [4.69, 9.17) is 14.6 Å². The topological polar surface area (TPSA) is 72.8 Å². The quantitative estimate of drug-likeness (QED) is 0.766. The number of ether oxygens (including phenoxy) is 2. The normalized spacial score (nSPS) is 10.0. The van der Waals surface area contributed by atoms with Crippen molar-refractivity contribution < 1.29 is 24.2 Å². The van der Waals surface area contributed by atoms with E-state index in [1.54, 1.807) is 25.1 Å². The molecule has 1 N–H and O–H groups in total. The highest BCUT2D eigenvalue weighted by Crippen LogP contribution is 2.22. The summed E-state index contributed by atoms with van der Waals surface area (Å²) in [5, 5.41) is 8.66. The largest absolute Gasteiger partial charge is 0.493 e. The van der Waals surface area contributed by atoms with Gasteiger partial charge in [-0.3, -0.25) is 4.79 Å². The Morgan fingerprint density at radius 3 is 2.53 bits per heavy atom. The predicted octanol–water partition coefficient (Wildman–Crippen LogP) is 2.28. The molecule has 0 heterocycles. The fourth-order valence-corrected chi connectivity index (χ4v) is 1.63. The molecule has 0 bridgehead atoms. The number of hydrogen-bond acceptors (Lipinski definition) is 4. The molecule has 0 saturated carbocycles. The molecule has 0 aliphatic rings. The summed E-state index contributed by atoms with van der Waals surface area (Å²) < 4.78 is 10.3. The van der Waals surface area contributed by atoms with Crippen LogP contribution in [0.4, 0.5) is 0 Å². The number of aryl methyl sites for hydroxylation is 1. The minimum absolute atomic E-state index is 0.0241. The lowest BCUT2D eigenvalue weighted by atomic mass is 10.1. The van der Waals surface area contributed by atoms with Gasteiger partial charge < -0.3 is 14.6 Å². The third-order valence-corrected chi connectivity index (χ3v) is 2.47. The minimum Gasteiger partial charge on any atom is -0.493 e. The molecule has 1 aromatic carbocycles. The summed E-state index contributed by atoms with van der Waals surface area (Å²) in [6.07, 6.45) is 0.393. The number of carboxylic acids is 1. The van der Waals surface area contributed by atoms with Gasteiger partial charge in [-0.25, -0.2) is 4.79 Å². The number of carbonyl (C=O) groups is 2. The Labute approximate surface area is 112 Å². The molecular formula is C14H18O5. The Morgan fingerprint density at radius 2 is 1.95 bits per heavy atom. The van der Waals surface area contributed by atoms with Crippen molar-refractivity contribution >= 4 is 11.9 Å². The number of carbonyl (C=O) groups excluding carboxylic acids is 1. The Kier molecular flexibility index (Phi) is 5.85. The molecule has 0 unspecified atom stereocenters. The average molecular weight is 266 g/mol. The Morgan fingerprint density at radius 1 is 1.21 bits per heavy atom. The van der Waals surface area contributed by atoms with Gasteiger partial charge in [-0.15, -0.1) is 0 Å². The SMILES string of the molecule is CCOC(=O)c1cc(CCC(=O)O)ccc1OCC. The van der Waals surface area contributed by atoms with E-state index in [2.05, 4.69) is 0 Å². The van der Waals surface area contributed by atoms with Gasteiger partial charge in [0.1, 0.15) is 11.3 Å². The zero-order valence-corrected chi connectivity index (χ0v) is 11.1. The maximum absolute atomic E-state index is 11.8. The first kappa shape index (κ1) is 15.0. The minimum atomic E-state index is -0.869. The van der Waals surface area contributed by atoms with Crippen LogP contribution in [0, 0.1) is 0 Å². The molecule has 0 atom stereocenters. The highest BCUT2D eigenvalue weighted by Gasteiger charge is 2.14. The number of rotatable bonds is 7. The monoisotopic (exact) mass is 266 g/mol. The smallest absolute Gasteiger partial charge is 0.341 e. The number of benzene rings is 1. The molecule has 19 heavy (non-hydrogen) atoms. The molecule has 1 rings (SSSR count). The zero-order valence-electron chi connectivity index (χ0n) is 11.1. The number of esters is 1. The summed E-state index contributed by atoms with van der Waals surface area (Å²) in [5.41, 5.74) is 1.11. The van der Waals surface area contributed by atoms with Crippen LogP contribution < -0.4 is 4.74 Å². The fraction of sp³-hybridized carbons (Fsp3) is 0.429. The van der Waals surface area contributed by atoms with Crippen molar-refractivity contribution in [1.29, 1.82) is 0 Å². The van der Waals surface area contributed by atoms with Crippen LogP contribution in [0.5, 0.6) is 5.75 Å². The predicted molar refractivity (Wildman–Crippen MR) is 69.5 cm³/mol. The number of hydrogen-bond donors (Lipinski definition) is 1. The maximum Gasteiger partial charge on any atom is 0.341 e. The lowest BCUT2D eigenvalue weighted by molar-refractivity contribution is -0.136. The van der Waals surface area contributed by atoms with E-state index in [1.165, 1.54) is 0 Å². The molecule has 0 fully saturated rings. The number of carboxylic acid groups (broad SMARTS) is 1. The van der Waals surface area contributed by atoms with Crippen LogP contribution in [0.1, 0.15) is 36.2 Å². The maximum atomic E-state index is 11.8. The second kappa shape index (κ2) is 7.41. The summed E-state index contributed by atoms with van der Waals surface area (Å²) in [6, 6.07) is 5.07. The second-order valence-corrected chi connectivity index (χ2v) is 3.88. The van der Waals surface area contributed by atoms with E-state index in [0.717, 1.165) is 5.56 Å². The highest BCUT2D eigenvalue weighted by molar-refractivity contribution is 5.92. The van der Waals surface area contributed by atoms with Gasteiger partial charge in [0.25, 0.3) is 0 Å². The summed E-state index contributed by atoms with van der Waals surface area (Å²) in [4.78, 5) is 22.4. The molecule has 0 saturated heterocycles. The van der Waals surface area contributed by atoms with Gasteiger partial charge in [-0.1, -0.05) is 6.07 Å². The van der Waals surface area contributed by atoms with Crippen LogP contribution in [-0.2, 0) is 16.0 Å². The van der Waals surface area contributed by atoms with E-state index in [9.17, 15) is 9.59 Å². The van der Waals surface area contributed by atoms with Crippen molar-refractivity contribution in [3.8, 4) is 5.75 Å². The van der Waals surface area contributed by atoms with Gasteiger partial charge in [0, 0.05) is 6.42 Å². The van der Waals surface area contributed by atoms with E-state index in [1.807, 2.05) is 6.92 Å². The third-order valence-electron chi connectivity index (χ3n) is 2.47. The van der Waals surface area contributed by atoms with E-state index in [-0.39, 0.29) is 13.0 Å². The molecule has 104 valence electrons. The molecule has 0 aliphatic heterocycles. The molecule has 0 radical (unpaired) electrons. The highest BCUT2D eigenvalue weighted by atomic mass is 16.5. The van der Waals surface area contributed by atoms with E-state index in [0.29, 0.717) is 24.3 Å². The standard InChI is InChI=1S/C14H18O5/c1-3-18-12-7-5-10(6-8-13(15)16)9-11(12)14(17)19-4-2/h5,7,9H,3-4,6,8H2,1-2H3,(H,15,16). The van der Waals surface area contributed by atoms with E-state index >= 15 is 0 Å². The Hall–Kier alpha value is -2.04. The summed E-state index contributed by atoms with van der Waals surface area (Å²) >= 11 is 0. The first-order valence-electron chi connectivity index (χ1n) is 6.23. The Balaban J connectivity index is 2.96. The fourth-order valence-electron chi connectivity index (χ4n) is 1.63. The molecule has 1 aromatic rings. The van der Waals surface area contributed by atoms with Crippen molar-refractivity contribution in [2.24, 2.45) is 0 Å². The first-order chi connectivity index (χ1) is 9.08. The second-order valence-electron chi connectivity index (χ2n) is 3.88. The molecule has 5 nitrogen and oxygen atoms in total.